The summed E-state index contributed by atoms with van der Waals surface area (Å²) in [5.74, 6) is 0.336. The molecule has 1 fully saturated rings. The third kappa shape index (κ3) is 3.61. The fraction of sp³-hybridized carbons (Fsp3) is 0.562. The lowest BCUT2D eigenvalue weighted by Crippen LogP contribution is -2.46. The lowest BCUT2D eigenvalue weighted by molar-refractivity contribution is -0.121. The Hall–Kier alpha value is -2.15. The highest BCUT2D eigenvalue weighted by Crippen LogP contribution is 2.22. The van der Waals surface area contributed by atoms with E-state index in [0.29, 0.717) is 11.9 Å². The summed E-state index contributed by atoms with van der Waals surface area (Å²) in [6, 6.07) is 1.83. The first-order chi connectivity index (χ1) is 11.0. The molecule has 7 heteroatoms. The molecule has 3 rings (SSSR count). The van der Waals surface area contributed by atoms with Crippen molar-refractivity contribution in [2.75, 3.05) is 11.9 Å². The van der Waals surface area contributed by atoms with Crippen LogP contribution in [0.4, 0.5) is 5.88 Å². The van der Waals surface area contributed by atoms with E-state index in [-0.39, 0.29) is 11.9 Å². The summed E-state index contributed by atoms with van der Waals surface area (Å²) in [5.41, 5.74) is 1.90. The molecule has 1 aliphatic rings. The third-order valence-corrected chi connectivity index (χ3v) is 4.33. The van der Waals surface area contributed by atoms with Crippen LogP contribution in [0.3, 0.4) is 0 Å². The molecule has 2 aromatic heterocycles. The summed E-state index contributed by atoms with van der Waals surface area (Å²) in [6.07, 6.45) is 6.09. The molecule has 1 saturated heterocycles. The van der Waals surface area contributed by atoms with Crippen LogP contribution in [0.5, 0.6) is 0 Å². The smallest absolute Gasteiger partial charge is 0.243 e. The standard InChI is InChI=1S/C16H23N5O2/c1-11-8-17-20(9-11)10-14-5-4-6-21(14)13(3)16(22)18-15-7-12(2)19-23-15/h7-9,13-14H,4-6,10H2,1-3H3,(H,18,22)/t13-,14-/m1/s1. The normalized spacial score (nSPS) is 19.9. The van der Waals surface area contributed by atoms with Gasteiger partial charge in [0.15, 0.2) is 0 Å². The van der Waals surface area contributed by atoms with Crippen LogP contribution in [0.2, 0.25) is 0 Å². The zero-order valence-electron chi connectivity index (χ0n) is 13.8. The highest BCUT2D eigenvalue weighted by molar-refractivity contribution is 5.93. The molecule has 1 aliphatic heterocycles. The van der Waals surface area contributed by atoms with E-state index in [1.165, 1.54) is 0 Å². The van der Waals surface area contributed by atoms with Crippen LogP contribution in [0.25, 0.3) is 0 Å². The van der Waals surface area contributed by atoms with E-state index in [2.05, 4.69) is 20.5 Å². The maximum atomic E-state index is 12.4. The molecule has 23 heavy (non-hydrogen) atoms. The average Bonchev–Trinajstić information content (AvgIpc) is 3.22. The van der Waals surface area contributed by atoms with E-state index in [9.17, 15) is 4.79 Å². The summed E-state index contributed by atoms with van der Waals surface area (Å²) < 4.78 is 7.02. The maximum Gasteiger partial charge on any atom is 0.243 e. The van der Waals surface area contributed by atoms with Crippen LogP contribution in [-0.4, -0.2) is 44.4 Å². The first-order valence-corrected chi connectivity index (χ1v) is 8.02. The van der Waals surface area contributed by atoms with Gasteiger partial charge < -0.3 is 4.52 Å². The van der Waals surface area contributed by atoms with Crippen LogP contribution in [0.1, 0.15) is 31.0 Å². The summed E-state index contributed by atoms with van der Waals surface area (Å²) in [5, 5.41) is 10.9. The zero-order valence-corrected chi connectivity index (χ0v) is 13.8. The van der Waals surface area contributed by atoms with E-state index in [1.807, 2.05) is 37.8 Å². The van der Waals surface area contributed by atoms with Crippen LogP contribution < -0.4 is 5.32 Å². The zero-order chi connectivity index (χ0) is 16.4. The minimum Gasteiger partial charge on any atom is -0.338 e. The van der Waals surface area contributed by atoms with Crippen molar-refractivity contribution in [1.82, 2.24) is 19.8 Å². The Bertz CT molecular complexity index is 678. The number of anilines is 1. The Balaban J connectivity index is 1.62. The molecule has 124 valence electrons. The van der Waals surface area contributed by atoms with Gasteiger partial charge in [-0.2, -0.15) is 5.10 Å². The molecule has 7 nitrogen and oxygen atoms in total. The summed E-state index contributed by atoms with van der Waals surface area (Å²) in [4.78, 5) is 14.7. The van der Waals surface area contributed by atoms with Crippen molar-refractivity contribution in [3.8, 4) is 0 Å². The van der Waals surface area contributed by atoms with Gasteiger partial charge in [-0.05, 0) is 45.7 Å². The Kier molecular flexibility index (Phi) is 4.47. The lowest BCUT2D eigenvalue weighted by Gasteiger charge is -2.29. The number of carbonyl (C=O) groups excluding carboxylic acids is 1. The molecule has 0 saturated carbocycles. The number of nitrogens with one attached hydrogen (secondary N) is 1. The van der Waals surface area contributed by atoms with Crippen LogP contribution >= 0.6 is 0 Å². The predicted octanol–water partition coefficient (Wildman–Crippen LogP) is 1.98. The molecule has 3 heterocycles. The molecule has 2 atom stereocenters. The number of nitrogens with zero attached hydrogens (tertiary/aromatic N) is 4. The van der Waals surface area contributed by atoms with E-state index in [1.54, 1.807) is 6.07 Å². The van der Waals surface area contributed by atoms with Crippen molar-refractivity contribution >= 4 is 11.8 Å². The Morgan fingerprint density at radius 3 is 3.00 bits per heavy atom. The summed E-state index contributed by atoms with van der Waals surface area (Å²) >= 11 is 0. The number of carbonyl (C=O) groups is 1. The van der Waals surface area contributed by atoms with Gasteiger partial charge in [0, 0.05) is 18.3 Å². The van der Waals surface area contributed by atoms with Gasteiger partial charge in [0.1, 0.15) is 0 Å². The number of aromatic nitrogens is 3. The molecule has 0 spiro atoms. The quantitative estimate of drug-likeness (QED) is 0.912. The fourth-order valence-electron chi connectivity index (χ4n) is 3.15. The van der Waals surface area contributed by atoms with Gasteiger partial charge in [-0.25, -0.2) is 0 Å². The van der Waals surface area contributed by atoms with Crippen molar-refractivity contribution in [1.29, 1.82) is 0 Å². The first kappa shape index (κ1) is 15.7. The highest BCUT2D eigenvalue weighted by atomic mass is 16.5. The number of rotatable bonds is 5. The number of hydrogen-bond acceptors (Lipinski definition) is 5. The monoisotopic (exact) mass is 317 g/mol. The van der Waals surface area contributed by atoms with Gasteiger partial charge in [-0.15, -0.1) is 0 Å². The average molecular weight is 317 g/mol. The molecule has 1 amide bonds. The molecule has 0 bridgehead atoms. The number of amides is 1. The topological polar surface area (TPSA) is 76.2 Å². The van der Waals surface area contributed by atoms with Crippen molar-refractivity contribution in [3.05, 3.63) is 29.7 Å². The number of likely N-dealkylation sites (tertiary alicyclic amines) is 1. The van der Waals surface area contributed by atoms with Gasteiger partial charge in [-0.1, -0.05) is 5.16 Å². The van der Waals surface area contributed by atoms with Crippen molar-refractivity contribution < 1.29 is 9.32 Å². The first-order valence-electron chi connectivity index (χ1n) is 8.02. The third-order valence-electron chi connectivity index (χ3n) is 4.33. The molecule has 1 N–H and O–H groups in total. The molecule has 0 aliphatic carbocycles. The number of aryl methyl sites for hydroxylation is 2. The Morgan fingerprint density at radius 2 is 2.35 bits per heavy atom. The van der Waals surface area contributed by atoms with Crippen molar-refractivity contribution in [3.63, 3.8) is 0 Å². The van der Waals surface area contributed by atoms with E-state index in [4.69, 9.17) is 4.52 Å². The number of hydrogen-bond donors (Lipinski definition) is 1. The second kappa shape index (κ2) is 6.54. The van der Waals surface area contributed by atoms with E-state index < -0.39 is 0 Å². The Morgan fingerprint density at radius 1 is 1.52 bits per heavy atom. The van der Waals surface area contributed by atoms with Gasteiger partial charge in [0.2, 0.25) is 11.8 Å². The second-order valence-electron chi connectivity index (χ2n) is 6.27. The summed E-state index contributed by atoms with van der Waals surface area (Å²) in [6.45, 7) is 7.53. The molecular formula is C16H23N5O2. The van der Waals surface area contributed by atoms with Crippen molar-refractivity contribution in [2.45, 2.75) is 52.2 Å². The van der Waals surface area contributed by atoms with Gasteiger partial charge in [-0.3, -0.25) is 19.7 Å². The minimum atomic E-state index is -0.218. The van der Waals surface area contributed by atoms with Gasteiger partial charge in [0.05, 0.1) is 24.5 Å². The van der Waals surface area contributed by atoms with Crippen LogP contribution in [-0.2, 0) is 11.3 Å². The molecule has 2 aromatic rings. The SMILES string of the molecule is Cc1cnn(C[C@H]2CCCN2[C@H](C)C(=O)Nc2cc(C)no2)c1. The molecule has 0 radical (unpaired) electrons. The van der Waals surface area contributed by atoms with Crippen LogP contribution in [0, 0.1) is 13.8 Å². The fourth-order valence-corrected chi connectivity index (χ4v) is 3.15. The molecule has 0 unspecified atom stereocenters. The predicted molar refractivity (Wildman–Crippen MR) is 86.0 cm³/mol. The maximum absolute atomic E-state index is 12.4. The highest BCUT2D eigenvalue weighted by Gasteiger charge is 2.32. The van der Waals surface area contributed by atoms with E-state index >= 15 is 0 Å². The van der Waals surface area contributed by atoms with E-state index in [0.717, 1.165) is 37.2 Å². The Labute approximate surface area is 135 Å². The van der Waals surface area contributed by atoms with Crippen molar-refractivity contribution in [2.24, 2.45) is 0 Å². The minimum absolute atomic E-state index is 0.0651. The molecular weight excluding hydrogens is 294 g/mol. The molecule has 0 aromatic carbocycles. The second-order valence-corrected chi connectivity index (χ2v) is 6.27. The van der Waals surface area contributed by atoms with Gasteiger partial charge >= 0.3 is 0 Å². The van der Waals surface area contributed by atoms with Gasteiger partial charge in [0.25, 0.3) is 0 Å². The summed E-state index contributed by atoms with van der Waals surface area (Å²) in [7, 11) is 0. The largest absolute Gasteiger partial charge is 0.338 e. The van der Waals surface area contributed by atoms with Crippen LogP contribution in [0.15, 0.2) is 23.0 Å². The lowest BCUT2D eigenvalue weighted by atomic mass is 10.2.